The van der Waals surface area contributed by atoms with Crippen molar-refractivity contribution in [3.05, 3.63) is 11.4 Å². The minimum atomic E-state index is -1.07. The average Bonchev–Trinajstić information content (AvgIpc) is 2.55. The van der Waals surface area contributed by atoms with Crippen LogP contribution >= 0.6 is 0 Å². The van der Waals surface area contributed by atoms with Gasteiger partial charge in [-0.1, -0.05) is 19.1 Å². The Balaban J connectivity index is 2.99. The number of carbonyl (C=O) groups is 1. The summed E-state index contributed by atoms with van der Waals surface area (Å²) in [6.07, 6.45) is 1.46. The number of aliphatic hydroxyl groups is 1. The molecule has 0 spiro atoms. The molecule has 2 N–H and O–H groups in total. The lowest BCUT2D eigenvalue weighted by Crippen LogP contribution is -2.28. The van der Waals surface area contributed by atoms with E-state index >= 15 is 0 Å². The molecule has 1 aromatic heterocycles. The van der Waals surface area contributed by atoms with E-state index in [2.05, 4.69) is 24.2 Å². The lowest BCUT2D eigenvalue weighted by molar-refractivity contribution is 0.0558. The van der Waals surface area contributed by atoms with Crippen LogP contribution in [-0.4, -0.2) is 36.8 Å². The molecule has 6 heteroatoms. The van der Waals surface area contributed by atoms with Crippen molar-refractivity contribution in [2.45, 2.75) is 52.7 Å². The van der Waals surface area contributed by atoms with Crippen molar-refractivity contribution < 1.29 is 15.0 Å². The number of hydrogen-bond donors (Lipinski definition) is 2. The SMILES string of the molecule is CC(C)CCc1c(C(=O)O)nnn1CC(C)(C)O. The van der Waals surface area contributed by atoms with Crippen molar-refractivity contribution in [3.63, 3.8) is 0 Å². The molecular formula is C12H21N3O3. The molecule has 18 heavy (non-hydrogen) atoms. The smallest absolute Gasteiger partial charge is 0.358 e. The van der Waals surface area contributed by atoms with Crippen LogP contribution in [0.15, 0.2) is 0 Å². The van der Waals surface area contributed by atoms with Gasteiger partial charge in [-0.2, -0.15) is 0 Å². The highest BCUT2D eigenvalue weighted by atomic mass is 16.4. The first kappa shape index (κ1) is 14.6. The zero-order valence-corrected chi connectivity index (χ0v) is 11.3. The van der Waals surface area contributed by atoms with E-state index in [4.69, 9.17) is 5.11 Å². The molecule has 1 rings (SSSR count). The monoisotopic (exact) mass is 255 g/mol. The van der Waals surface area contributed by atoms with Gasteiger partial charge in [-0.05, 0) is 32.6 Å². The van der Waals surface area contributed by atoms with Gasteiger partial charge in [-0.3, -0.25) is 0 Å². The normalized spacial score (nSPS) is 12.1. The quantitative estimate of drug-likeness (QED) is 0.800. The Kier molecular flexibility index (Phi) is 4.45. The third kappa shape index (κ3) is 4.10. The molecule has 0 aromatic carbocycles. The fourth-order valence-electron chi connectivity index (χ4n) is 1.67. The molecule has 0 aliphatic heterocycles. The maximum absolute atomic E-state index is 11.1. The van der Waals surface area contributed by atoms with Crippen LogP contribution in [0.3, 0.4) is 0 Å². The molecule has 1 heterocycles. The Labute approximate surface area is 107 Å². The third-order valence-corrected chi connectivity index (χ3v) is 2.54. The molecule has 0 aliphatic carbocycles. The van der Waals surface area contributed by atoms with Gasteiger partial charge in [0.05, 0.1) is 17.8 Å². The Morgan fingerprint density at radius 2 is 2.06 bits per heavy atom. The van der Waals surface area contributed by atoms with Gasteiger partial charge in [0.1, 0.15) is 0 Å². The standard InChI is InChI=1S/C12H21N3O3/c1-8(2)5-6-9-10(11(16)17)13-14-15(9)7-12(3,4)18/h8,18H,5-7H2,1-4H3,(H,16,17). The number of rotatable bonds is 6. The summed E-state index contributed by atoms with van der Waals surface area (Å²) in [5.74, 6) is -0.604. The van der Waals surface area contributed by atoms with Crippen LogP contribution < -0.4 is 0 Å². The first-order valence-corrected chi connectivity index (χ1v) is 6.08. The fraction of sp³-hybridized carbons (Fsp3) is 0.750. The van der Waals surface area contributed by atoms with Crippen LogP contribution in [0.25, 0.3) is 0 Å². The van der Waals surface area contributed by atoms with Gasteiger partial charge in [0.15, 0.2) is 5.69 Å². The van der Waals surface area contributed by atoms with Crippen LogP contribution in [0.1, 0.15) is 50.3 Å². The summed E-state index contributed by atoms with van der Waals surface area (Å²) in [5.41, 5.74) is -0.381. The van der Waals surface area contributed by atoms with Crippen molar-refractivity contribution in [2.75, 3.05) is 0 Å². The summed E-state index contributed by atoms with van der Waals surface area (Å²) in [6.45, 7) is 7.69. The van der Waals surface area contributed by atoms with E-state index in [1.165, 1.54) is 4.68 Å². The van der Waals surface area contributed by atoms with Gasteiger partial charge < -0.3 is 10.2 Å². The van der Waals surface area contributed by atoms with Crippen LogP contribution in [0, 0.1) is 5.92 Å². The van der Waals surface area contributed by atoms with Gasteiger partial charge in [0, 0.05) is 0 Å². The van der Waals surface area contributed by atoms with Crippen LogP contribution in [0.4, 0.5) is 0 Å². The van der Waals surface area contributed by atoms with Crippen molar-refractivity contribution in [1.29, 1.82) is 0 Å². The second-order valence-electron chi connectivity index (χ2n) is 5.59. The van der Waals surface area contributed by atoms with E-state index in [1.54, 1.807) is 13.8 Å². The van der Waals surface area contributed by atoms with E-state index in [-0.39, 0.29) is 12.2 Å². The van der Waals surface area contributed by atoms with E-state index in [0.717, 1.165) is 6.42 Å². The van der Waals surface area contributed by atoms with Crippen molar-refractivity contribution in [2.24, 2.45) is 5.92 Å². The predicted octanol–water partition coefficient (Wildman–Crippen LogP) is 1.34. The zero-order chi connectivity index (χ0) is 13.9. The van der Waals surface area contributed by atoms with Crippen LogP contribution in [0.2, 0.25) is 0 Å². The number of aromatic nitrogens is 3. The van der Waals surface area contributed by atoms with E-state index < -0.39 is 11.6 Å². The summed E-state index contributed by atoms with van der Waals surface area (Å²) >= 11 is 0. The molecule has 0 bridgehead atoms. The Bertz CT molecular complexity index is 419. The minimum Gasteiger partial charge on any atom is -0.476 e. The molecule has 0 fully saturated rings. The average molecular weight is 255 g/mol. The number of aromatic carboxylic acids is 1. The number of carboxylic acids is 1. The first-order chi connectivity index (χ1) is 8.20. The molecule has 0 unspecified atom stereocenters. The molecule has 0 aliphatic rings. The van der Waals surface area contributed by atoms with Gasteiger partial charge in [-0.15, -0.1) is 5.10 Å². The van der Waals surface area contributed by atoms with Gasteiger partial charge >= 0.3 is 5.97 Å². The van der Waals surface area contributed by atoms with Gasteiger partial charge in [0.2, 0.25) is 0 Å². The summed E-state index contributed by atoms with van der Waals surface area (Å²) in [5, 5.41) is 26.4. The maximum Gasteiger partial charge on any atom is 0.358 e. The predicted molar refractivity (Wildman–Crippen MR) is 66.4 cm³/mol. The van der Waals surface area contributed by atoms with E-state index in [1.807, 2.05) is 0 Å². The summed E-state index contributed by atoms with van der Waals surface area (Å²) in [7, 11) is 0. The molecule has 0 saturated heterocycles. The summed E-state index contributed by atoms with van der Waals surface area (Å²) < 4.78 is 1.49. The second kappa shape index (κ2) is 5.48. The molecule has 0 saturated carbocycles. The van der Waals surface area contributed by atoms with Crippen molar-refractivity contribution >= 4 is 5.97 Å². The topological polar surface area (TPSA) is 88.2 Å². The lowest BCUT2D eigenvalue weighted by Gasteiger charge is -2.18. The summed E-state index contributed by atoms with van der Waals surface area (Å²) in [6, 6.07) is 0. The Hall–Kier alpha value is -1.43. The minimum absolute atomic E-state index is 0.0140. The van der Waals surface area contributed by atoms with Crippen LogP contribution in [0.5, 0.6) is 0 Å². The highest BCUT2D eigenvalue weighted by Crippen LogP contribution is 2.15. The third-order valence-electron chi connectivity index (χ3n) is 2.54. The highest BCUT2D eigenvalue weighted by molar-refractivity contribution is 5.86. The molecule has 0 atom stereocenters. The Morgan fingerprint density at radius 1 is 1.44 bits per heavy atom. The molecule has 1 aromatic rings. The number of hydrogen-bond acceptors (Lipinski definition) is 4. The molecule has 0 amide bonds. The molecule has 6 nitrogen and oxygen atoms in total. The van der Waals surface area contributed by atoms with Crippen LogP contribution in [-0.2, 0) is 13.0 Å². The van der Waals surface area contributed by atoms with Crippen molar-refractivity contribution in [1.82, 2.24) is 15.0 Å². The first-order valence-electron chi connectivity index (χ1n) is 6.08. The maximum atomic E-state index is 11.1. The molecular weight excluding hydrogens is 234 g/mol. The van der Waals surface area contributed by atoms with E-state index in [0.29, 0.717) is 18.0 Å². The Morgan fingerprint density at radius 3 is 2.50 bits per heavy atom. The molecule has 102 valence electrons. The molecule has 0 radical (unpaired) electrons. The van der Waals surface area contributed by atoms with Crippen molar-refractivity contribution in [3.8, 4) is 0 Å². The number of carboxylic acid groups (broad SMARTS) is 1. The lowest BCUT2D eigenvalue weighted by atomic mass is 10.0. The largest absolute Gasteiger partial charge is 0.476 e. The van der Waals surface area contributed by atoms with Gasteiger partial charge in [0.25, 0.3) is 0 Å². The van der Waals surface area contributed by atoms with E-state index in [9.17, 15) is 9.90 Å². The zero-order valence-electron chi connectivity index (χ0n) is 11.3. The highest BCUT2D eigenvalue weighted by Gasteiger charge is 2.23. The van der Waals surface area contributed by atoms with Gasteiger partial charge in [-0.25, -0.2) is 9.48 Å². The second-order valence-corrected chi connectivity index (χ2v) is 5.59. The fourth-order valence-corrected chi connectivity index (χ4v) is 1.67. The summed E-state index contributed by atoms with van der Waals surface area (Å²) in [4.78, 5) is 11.1. The number of nitrogens with zero attached hydrogens (tertiary/aromatic N) is 3.